The molecule has 2 heteroatoms. The van der Waals surface area contributed by atoms with E-state index >= 15 is 0 Å². The first kappa shape index (κ1) is 10.4. The normalized spacial score (nSPS) is 13.2. The first-order chi connectivity index (χ1) is 5.00. The van der Waals surface area contributed by atoms with Crippen molar-refractivity contribution in [3.63, 3.8) is 0 Å². The summed E-state index contributed by atoms with van der Waals surface area (Å²) in [7, 11) is 0. The monoisotopic (exact) mass is 156 g/mol. The van der Waals surface area contributed by atoms with Crippen LogP contribution < -0.4 is 0 Å². The van der Waals surface area contributed by atoms with Crippen LogP contribution in [0.15, 0.2) is 12.2 Å². The molecule has 0 fully saturated rings. The van der Waals surface area contributed by atoms with Crippen molar-refractivity contribution in [2.24, 2.45) is 5.92 Å². The van der Waals surface area contributed by atoms with E-state index < -0.39 is 6.10 Å². The van der Waals surface area contributed by atoms with Crippen molar-refractivity contribution in [3.05, 3.63) is 12.2 Å². The Morgan fingerprint density at radius 1 is 1.55 bits per heavy atom. The maximum Gasteiger partial charge on any atom is 0.160 e. The molecule has 0 spiro atoms. The summed E-state index contributed by atoms with van der Waals surface area (Å²) in [6, 6.07) is 0. The van der Waals surface area contributed by atoms with Crippen molar-refractivity contribution >= 4 is 5.78 Å². The van der Waals surface area contributed by atoms with E-state index in [1.807, 2.05) is 13.8 Å². The Kier molecular flexibility index (Phi) is 4.04. The van der Waals surface area contributed by atoms with E-state index in [1.165, 1.54) is 0 Å². The number of carbonyl (C=O) groups is 1. The van der Waals surface area contributed by atoms with E-state index in [0.717, 1.165) is 0 Å². The third kappa shape index (κ3) is 2.85. The Bertz CT molecular complexity index is 159. The number of carbonyl (C=O) groups excluding carboxylic acids is 1. The maximum absolute atomic E-state index is 11.0. The predicted octanol–water partition coefficient (Wildman–Crippen LogP) is 1.54. The van der Waals surface area contributed by atoms with E-state index in [2.05, 4.69) is 6.58 Å². The summed E-state index contributed by atoms with van der Waals surface area (Å²) in [5.41, 5.74) is 0.336. The molecule has 0 amide bonds. The molecule has 0 aliphatic rings. The number of rotatable bonds is 4. The molecule has 0 heterocycles. The van der Waals surface area contributed by atoms with Gasteiger partial charge in [0, 0.05) is 12.0 Å². The van der Waals surface area contributed by atoms with Gasteiger partial charge in [0.2, 0.25) is 0 Å². The van der Waals surface area contributed by atoms with E-state index in [9.17, 15) is 9.90 Å². The highest BCUT2D eigenvalue weighted by molar-refractivity contribution is 5.95. The molecule has 0 aromatic heterocycles. The van der Waals surface area contributed by atoms with Gasteiger partial charge in [0.15, 0.2) is 5.78 Å². The second-order valence-electron chi connectivity index (χ2n) is 2.99. The summed E-state index contributed by atoms with van der Waals surface area (Å²) in [5, 5.41) is 9.38. The van der Waals surface area contributed by atoms with Gasteiger partial charge in [-0.3, -0.25) is 4.79 Å². The van der Waals surface area contributed by atoms with Crippen LogP contribution in [0, 0.1) is 5.92 Å². The molecule has 0 saturated carbocycles. The van der Waals surface area contributed by atoms with Gasteiger partial charge in [-0.15, -0.1) is 0 Å². The second kappa shape index (κ2) is 4.29. The van der Waals surface area contributed by atoms with Crippen LogP contribution in [-0.4, -0.2) is 17.0 Å². The molecule has 0 aromatic carbocycles. The molecule has 11 heavy (non-hydrogen) atoms. The Morgan fingerprint density at radius 2 is 2.00 bits per heavy atom. The van der Waals surface area contributed by atoms with E-state index in [-0.39, 0.29) is 11.7 Å². The van der Waals surface area contributed by atoms with Gasteiger partial charge in [-0.05, 0) is 5.92 Å². The molecule has 0 radical (unpaired) electrons. The van der Waals surface area contributed by atoms with Crippen LogP contribution in [0.5, 0.6) is 0 Å². The SMILES string of the molecule is C=C(C(=O)CC)[C@@H](O)C(C)C. The van der Waals surface area contributed by atoms with Gasteiger partial charge >= 0.3 is 0 Å². The fourth-order valence-electron chi connectivity index (χ4n) is 0.794. The average molecular weight is 156 g/mol. The second-order valence-corrected chi connectivity index (χ2v) is 2.99. The lowest BCUT2D eigenvalue weighted by Crippen LogP contribution is -2.22. The number of Topliss-reactive ketones (excluding diaryl/α,β-unsaturated/α-hetero) is 1. The topological polar surface area (TPSA) is 37.3 Å². The molecule has 0 saturated heterocycles. The van der Waals surface area contributed by atoms with Crippen LogP contribution in [0.3, 0.4) is 0 Å². The summed E-state index contributed by atoms with van der Waals surface area (Å²) in [6.07, 6.45) is -0.259. The number of aliphatic hydroxyl groups excluding tert-OH is 1. The molecule has 1 atom stereocenters. The lowest BCUT2D eigenvalue weighted by molar-refractivity contribution is -0.116. The van der Waals surface area contributed by atoms with Crippen molar-refractivity contribution in [2.75, 3.05) is 0 Å². The van der Waals surface area contributed by atoms with Gasteiger partial charge in [0.1, 0.15) is 0 Å². The largest absolute Gasteiger partial charge is 0.388 e. The Morgan fingerprint density at radius 3 is 2.27 bits per heavy atom. The van der Waals surface area contributed by atoms with Gasteiger partial charge in [0.25, 0.3) is 0 Å². The van der Waals surface area contributed by atoms with Gasteiger partial charge in [-0.2, -0.15) is 0 Å². The van der Waals surface area contributed by atoms with Crippen LogP contribution in [0.4, 0.5) is 0 Å². The average Bonchev–Trinajstić information content (AvgIpc) is 2.00. The number of ketones is 1. The highest BCUT2D eigenvalue weighted by Gasteiger charge is 2.17. The quantitative estimate of drug-likeness (QED) is 0.627. The third-order valence-electron chi connectivity index (χ3n) is 1.67. The standard InChI is InChI=1S/C9H16O2/c1-5-8(10)7(4)9(11)6(2)3/h6,9,11H,4-5H2,1-3H3/t9-/m0/s1. The molecule has 0 bridgehead atoms. The Hall–Kier alpha value is -0.630. The summed E-state index contributed by atoms with van der Waals surface area (Å²) in [4.78, 5) is 11.0. The fourth-order valence-corrected chi connectivity index (χ4v) is 0.794. The minimum Gasteiger partial charge on any atom is -0.388 e. The lowest BCUT2D eigenvalue weighted by Gasteiger charge is -2.15. The summed E-state index contributed by atoms with van der Waals surface area (Å²) in [5.74, 6) is 0.0178. The zero-order valence-electron chi connectivity index (χ0n) is 7.42. The molecule has 0 aliphatic carbocycles. The van der Waals surface area contributed by atoms with Gasteiger partial charge < -0.3 is 5.11 Å². The molecular weight excluding hydrogens is 140 g/mol. The first-order valence-electron chi connectivity index (χ1n) is 3.90. The van der Waals surface area contributed by atoms with Crippen molar-refractivity contribution in [1.82, 2.24) is 0 Å². The van der Waals surface area contributed by atoms with Crippen LogP contribution in [0.25, 0.3) is 0 Å². The zero-order chi connectivity index (χ0) is 9.02. The molecule has 0 aliphatic heterocycles. The zero-order valence-corrected chi connectivity index (χ0v) is 7.42. The van der Waals surface area contributed by atoms with Gasteiger partial charge in [-0.25, -0.2) is 0 Å². The van der Waals surface area contributed by atoms with Crippen LogP contribution >= 0.6 is 0 Å². The highest BCUT2D eigenvalue weighted by atomic mass is 16.3. The van der Waals surface area contributed by atoms with E-state index in [0.29, 0.717) is 12.0 Å². The van der Waals surface area contributed by atoms with Crippen LogP contribution in [-0.2, 0) is 4.79 Å². The number of hydrogen-bond acceptors (Lipinski definition) is 2. The molecule has 0 aromatic rings. The molecule has 0 unspecified atom stereocenters. The van der Waals surface area contributed by atoms with E-state index in [4.69, 9.17) is 0 Å². The summed E-state index contributed by atoms with van der Waals surface area (Å²) < 4.78 is 0. The lowest BCUT2D eigenvalue weighted by atomic mass is 9.96. The fraction of sp³-hybridized carbons (Fsp3) is 0.667. The molecular formula is C9H16O2. The summed E-state index contributed by atoms with van der Waals surface area (Å²) in [6.45, 7) is 9.03. The van der Waals surface area contributed by atoms with Crippen LogP contribution in [0.2, 0.25) is 0 Å². The van der Waals surface area contributed by atoms with Crippen molar-refractivity contribution < 1.29 is 9.90 Å². The number of aliphatic hydroxyl groups is 1. The van der Waals surface area contributed by atoms with E-state index in [1.54, 1.807) is 6.92 Å². The summed E-state index contributed by atoms with van der Waals surface area (Å²) >= 11 is 0. The van der Waals surface area contributed by atoms with Crippen molar-refractivity contribution in [1.29, 1.82) is 0 Å². The van der Waals surface area contributed by atoms with Gasteiger partial charge in [0.05, 0.1) is 6.10 Å². The molecule has 0 rings (SSSR count). The van der Waals surface area contributed by atoms with Crippen molar-refractivity contribution in [2.45, 2.75) is 33.3 Å². The third-order valence-corrected chi connectivity index (χ3v) is 1.67. The van der Waals surface area contributed by atoms with Crippen LogP contribution in [0.1, 0.15) is 27.2 Å². The highest BCUT2D eigenvalue weighted by Crippen LogP contribution is 2.11. The maximum atomic E-state index is 11.0. The molecule has 2 nitrogen and oxygen atoms in total. The van der Waals surface area contributed by atoms with Crippen molar-refractivity contribution in [3.8, 4) is 0 Å². The smallest absolute Gasteiger partial charge is 0.160 e. The molecule has 1 N–H and O–H groups in total. The predicted molar refractivity (Wildman–Crippen MR) is 45.3 cm³/mol. The molecule has 64 valence electrons. The minimum atomic E-state index is -0.678. The Labute approximate surface area is 67.9 Å². The Balaban J connectivity index is 4.14. The number of hydrogen-bond donors (Lipinski definition) is 1. The first-order valence-corrected chi connectivity index (χ1v) is 3.90. The van der Waals surface area contributed by atoms with Gasteiger partial charge in [-0.1, -0.05) is 27.4 Å². The minimum absolute atomic E-state index is 0.0498.